The van der Waals surface area contributed by atoms with Crippen LogP contribution in [-0.4, -0.2) is 19.4 Å². The predicted molar refractivity (Wildman–Crippen MR) is 194 cm³/mol. The van der Waals surface area contributed by atoms with Crippen LogP contribution in [-0.2, 0) is 5.41 Å². The van der Waals surface area contributed by atoms with Crippen molar-refractivity contribution in [2.75, 3.05) is 4.90 Å². The average Bonchev–Trinajstić information content (AvgIpc) is 3.53. The van der Waals surface area contributed by atoms with Gasteiger partial charge in [0.25, 0.3) is 0 Å². The maximum atomic E-state index is 2.77. The molecule has 6 aromatic carbocycles. The molecule has 11 rings (SSSR count). The van der Waals surface area contributed by atoms with E-state index in [1.54, 1.807) is 5.19 Å². The minimum absolute atomic E-state index is 0.0806. The van der Waals surface area contributed by atoms with E-state index in [-0.39, 0.29) is 12.3 Å². The lowest BCUT2D eigenvalue weighted by Crippen LogP contribution is -2.65. The van der Waals surface area contributed by atoms with Gasteiger partial charge in [-0.1, -0.05) is 130 Å². The highest BCUT2D eigenvalue weighted by Crippen LogP contribution is 2.56. The number of rotatable bonds is 0. The second-order valence-corrected chi connectivity index (χ2v) is 18.8. The zero-order chi connectivity index (χ0) is 30.0. The number of benzene rings is 6. The van der Waals surface area contributed by atoms with Crippen LogP contribution in [0, 0.1) is 0 Å². The van der Waals surface area contributed by atoms with Crippen LogP contribution in [0.1, 0.15) is 25.0 Å². The molecule has 0 spiro atoms. The van der Waals surface area contributed by atoms with E-state index >= 15 is 0 Å². The average molecular weight is 591 g/mol. The zero-order valence-electron chi connectivity index (χ0n) is 25.9. The lowest BCUT2D eigenvalue weighted by Gasteiger charge is -2.48. The van der Waals surface area contributed by atoms with Crippen molar-refractivity contribution in [1.29, 1.82) is 0 Å². The molecule has 0 bridgehead atoms. The van der Waals surface area contributed by atoms with Crippen LogP contribution in [0.3, 0.4) is 0 Å². The summed E-state index contributed by atoms with van der Waals surface area (Å²) in [6.45, 7) is 10.0. The minimum Gasteiger partial charge on any atom is -0.375 e. The van der Waals surface area contributed by atoms with E-state index in [0.717, 1.165) is 0 Å². The monoisotopic (exact) mass is 590 g/mol. The molecule has 4 aliphatic rings. The summed E-state index contributed by atoms with van der Waals surface area (Å²) >= 11 is 0. The molecule has 0 amide bonds. The Hall–Kier alpha value is -4.80. The van der Waals surface area contributed by atoms with Gasteiger partial charge in [-0.05, 0) is 55.5 Å². The summed E-state index contributed by atoms with van der Waals surface area (Å²) in [5.74, 6) is 0. The fourth-order valence-electron chi connectivity index (χ4n) is 9.85. The lowest BCUT2D eigenvalue weighted by atomic mass is 9.44. The molecule has 7 aromatic rings. The molecule has 0 N–H and O–H groups in total. The first-order valence-corrected chi connectivity index (χ1v) is 19.3. The van der Waals surface area contributed by atoms with E-state index in [0.29, 0.717) is 0 Å². The molecule has 0 fully saturated rings. The second kappa shape index (κ2) is 7.70. The van der Waals surface area contributed by atoms with Gasteiger partial charge in [-0.3, -0.25) is 0 Å². The molecule has 0 saturated heterocycles. The summed E-state index contributed by atoms with van der Waals surface area (Å²) in [4.78, 5) is 2.67. The Morgan fingerprint density at radius 3 is 2.27 bits per heavy atom. The highest BCUT2D eigenvalue weighted by atomic mass is 28.3. The third kappa shape index (κ3) is 2.61. The van der Waals surface area contributed by atoms with Crippen molar-refractivity contribution in [3.05, 3.63) is 126 Å². The second-order valence-electron chi connectivity index (χ2n) is 14.5. The Labute approximate surface area is 264 Å². The van der Waals surface area contributed by atoms with Crippen LogP contribution in [0.5, 0.6) is 0 Å². The number of nitrogens with zero attached hydrogens (tertiary/aromatic N) is 2. The van der Waals surface area contributed by atoms with E-state index in [1.807, 2.05) is 0 Å². The van der Waals surface area contributed by atoms with E-state index < -0.39 is 8.07 Å². The van der Waals surface area contributed by atoms with Crippen molar-refractivity contribution in [3.8, 4) is 22.4 Å². The quantitative estimate of drug-likeness (QED) is 0.165. The maximum Gasteiger partial charge on any atom is 0.333 e. The van der Waals surface area contributed by atoms with E-state index in [9.17, 15) is 0 Å². The van der Waals surface area contributed by atoms with Gasteiger partial charge in [0.15, 0.2) is 0 Å². The fourth-order valence-corrected chi connectivity index (χ4v) is 12.8. The van der Waals surface area contributed by atoms with Crippen LogP contribution in [0.15, 0.2) is 115 Å². The van der Waals surface area contributed by atoms with Gasteiger partial charge < -0.3 is 9.38 Å². The van der Waals surface area contributed by atoms with Crippen LogP contribution >= 0.6 is 0 Å². The smallest absolute Gasteiger partial charge is 0.333 e. The van der Waals surface area contributed by atoms with Gasteiger partial charge in [-0.2, -0.15) is 0 Å². The SMILES string of the molecule is CC1(C)c2ccccc2-c2c1c1cccc3c1n2B1c2cccc4c2N(c2ccccc2[Si]4(C)C)c2c1c-3cc1ccccc21. The standard InChI is InChI=1S/C41H31BN2Si/c1-41(2)30-18-8-7-15-27(30)38-35(41)28-17-11-16-26-29-23-24-13-5-6-14-25(24)39-36(29)42(44(38)37(26)28)31-19-12-22-34-40(31)43(39)32-20-9-10-21-33(32)45(34,3)4/h5-23H,1-4H3. The van der Waals surface area contributed by atoms with Gasteiger partial charge in [-0.15, -0.1) is 0 Å². The van der Waals surface area contributed by atoms with E-state index in [2.05, 4.69) is 152 Å². The molecule has 2 nitrogen and oxygen atoms in total. The van der Waals surface area contributed by atoms with Crippen molar-refractivity contribution < 1.29 is 0 Å². The summed E-state index contributed by atoms with van der Waals surface area (Å²) in [5, 5.41) is 7.10. The third-order valence-corrected chi connectivity index (χ3v) is 15.2. The van der Waals surface area contributed by atoms with Crippen molar-refractivity contribution in [3.63, 3.8) is 0 Å². The summed E-state index contributed by atoms with van der Waals surface area (Å²) in [6, 6.07) is 44.2. The summed E-state index contributed by atoms with van der Waals surface area (Å²) in [7, 11) is -1.98. The predicted octanol–water partition coefficient (Wildman–Crippen LogP) is 7.65. The van der Waals surface area contributed by atoms with Crippen molar-refractivity contribution in [2.45, 2.75) is 32.4 Å². The summed E-state index contributed by atoms with van der Waals surface area (Å²) < 4.78 is 2.77. The van der Waals surface area contributed by atoms with Crippen LogP contribution < -0.4 is 26.2 Å². The van der Waals surface area contributed by atoms with Crippen molar-refractivity contribution >= 4 is 75.0 Å². The highest BCUT2D eigenvalue weighted by molar-refractivity contribution is 7.04. The molecular formula is C41H31BN2Si. The molecule has 4 heteroatoms. The molecule has 0 saturated carbocycles. The summed E-state index contributed by atoms with van der Waals surface area (Å²) in [5.41, 5.74) is 16.8. The number of hydrogen-bond donors (Lipinski definition) is 0. The van der Waals surface area contributed by atoms with E-state index in [1.165, 1.54) is 88.4 Å². The largest absolute Gasteiger partial charge is 0.375 e. The molecule has 1 aliphatic carbocycles. The molecule has 0 unspecified atom stereocenters. The molecule has 45 heavy (non-hydrogen) atoms. The maximum absolute atomic E-state index is 2.77. The van der Waals surface area contributed by atoms with Gasteiger partial charge in [0, 0.05) is 49.9 Å². The van der Waals surface area contributed by atoms with Gasteiger partial charge in [0.05, 0.1) is 5.69 Å². The normalized spacial score (nSPS) is 16.7. The van der Waals surface area contributed by atoms with Crippen LogP contribution in [0.2, 0.25) is 13.1 Å². The Kier molecular flexibility index (Phi) is 4.19. The molecule has 1 aromatic heterocycles. The number of aromatic nitrogens is 1. The fraction of sp³-hybridized carbons (Fsp3) is 0.122. The van der Waals surface area contributed by atoms with Crippen molar-refractivity contribution in [1.82, 2.24) is 4.48 Å². The van der Waals surface area contributed by atoms with Crippen molar-refractivity contribution in [2.24, 2.45) is 0 Å². The van der Waals surface area contributed by atoms with Gasteiger partial charge in [0.2, 0.25) is 0 Å². The Morgan fingerprint density at radius 2 is 1.36 bits per heavy atom. The number of anilines is 3. The van der Waals surface area contributed by atoms with Gasteiger partial charge in [0.1, 0.15) is 8.07 Å². The Morgan fingerprint density at radius 1 is 0.644 bits per heavy atom. The summed E-state index contributed by atoms with van der Waals surface area (Å²) in [6.07, 6.45) is 0. The molecular weight excluding hydrogens is 559 g/mol. The highest BCUT2D eigenvalue weighted by Gasteiger charge is 2.51. The Balaban J connectivity index is 1.40. The molecule has 0 radical (unpaired) electrons. The Bertz CT molecular complexity index is 2520. The topological polar surface area (TPSA) is 8.17 Å². The zero-order valence-corrected chi connectivity index (χ0v) is 26.9. The van der Waals surface area contributed by atoms with Gasteiger partial charge >= 0.3 is 6.85 Å². The number of hydrogen-bond acceptors (Lipinski definition) is 1. The molecule has 3 aliphatic heterocycles. The first-order chi connectivity index (χ1) is 21.9. The first kappa shape index (κ1) is 24.5. The first-order valence-electron chi connectivity index (χ1n) is 16.3. The van der Waals surface area contributed by atoms with Crippen LogP contribution in [0.25, 0.3) is 44.1 Å². The molecule has 4 heterocycles. The number of para-hydroxylation sites is 3. The number of fused-ring (bicyclic) bond motifs is 13. The lowest BCUT2D eigenvalue weighted by molar-refractivity contribution is 0.666. The van der Waals surface area contributed by atoms with Gasteiger partial charge in [-0.25, -0.2) is 0 Å². The minimum atomic E-state index is -1.98. The molecule has 212 valence electrons. The van der Waals surface area contributed by atoms with Crippen LogP contribution in [0.4, 0.5) is 17.1 Å². The van der Waals surface area contributed by atoms with E-state index in [4.69, 9.17) is 0 Å². The molecule has 0 atom stereocenters. The third-order valence-electron chi connectivity index (χ3n) is 11.7.